The monoisotopic (exact) mass is 627 g/mol. The van der Waals surface area contributed by atoms with Crippen LogP contribution in [0.25, 0.3) is 0 Å². The van der Waals surface area contributed by atoms with Gasteiger partial charge in [-0.3, -0.25) is 13.9 Å². The van der Waals surface area contributed by atoms with Crippen molar-refractivity contribution in [3.63, 3.8) is 0 Å². The molecule has 2 amide bonds. The molecule has 0 aliphatic rings. The number of carbonyl (C=O) groups is 2. The van der Waals surface area contributed by atoms with Crippen LogP contribution in [-0.2, 0) is 32.6 Å². The van der Waals surface area contributed by atoms with Gasteiger partial charge in [0, 0.05) is 19.0 Å². The van der Waals surface area contributed by atoms with Crippen molar-refractivity contribution in [3.8, 4) is 5.75 Å². The number of methoxy groups -OCH3 is 1. The first-order valence-corrected chi connectivity index (χ1v) is 16.5. The Balaban J connectivity index is 1.79. The largest absolute Gasteiger partial charge is 0.497 e. The van der Waals surface area contributed by atoms with Crippen LogP contribution in [0.1, 0.15) is 37.0 Å². The fourth-order valence-corrected chi connectivity index (χ4v) is 6.30. The van der Waals surface area contributed by atoms with Crippen LogP contribution in [0.4, 0.5) is 5.69 Å². The van der Waals surface area contributed by atoms with Gasteiger partial charge < -0.3 is 15.0 Å². The summed E-state index contributed by atoms with van der Waals surface area (Å²) in [5.74, 6) is -0.256. The number of anilines is 1. The Morgan fingerprint density at radius 3 is 1.96 bits per heavy atom. The molecular formula is C36H41N3O5S. The molecule has 0 spiro atoms. The topological polar surface area (TPSA) is 96.0 Å². The molecule has 1 N–H and O–H groups in total. The maximum atomic E-state index is 14.5. The third-order valence-electron chi connectivity index (χ3n) is 7.72. The van der Waals surface area contributed by atoms with Crippen LogP contribution in [-0.4, -0.2) is 50.9 Å². The van der Waals surface area contributed by atoms with Gasteiger partial charge in [-0.25, -0.2) is 8.42 Å². The van der Waals surface area contributed by atoms with Gasteiger partial charge >= 0.3 is 0 Å². The molecular weight excluding hydrogens is 586 g/mol. The molecule has 45 heavy (non-hydrogen) atoms. The van der Waals surface area contributed by atoms with E-state index in [1.165, 1.54) is 24.1 Å². The lowest BCUT2D eigenvalue weighted by Crippen LogP contribution is -2.54. The van der Waals surface area contributed by atoms with Crippen LogP contribution in [0, 0.1) is 6.92 Å². The van der Waals surface area contributed by atoms with Crippen LogP contribution in [0.15, 0.2) is 114 Å². The molecule has 2 atom stereocenters. The lowest BCUT2D eigenvalue weighted by atomic mass is 10.0. The van der Waals surface area contributed by atoms with Crippen molar-refractivity contribution in [1.82, 2.24) is 10.2 Å². The first-order chi connectivity index (χ1) is 21.6. The fraction of sp³-hybridized carbons (Fsp3) is 0.278. The molecule has 0 aromatic heterocycles. The Morgan fingerprint density at radius 1 is 0.822 bits per heavy atom. The minimum absolute atomic E-state index is 0.0571. The normalized spacial score (nSPS) is 12.5. The molecule has 4 aromatic rings. The number of amides is 2. The van der Waals surface area contributed by atoms with Crippen LogP contribution in [0.5, 0.6) is 5.75 Å². The van der Waals surface area contributed by atoms with Gasteiger partial charge in [0.15, 0.2) is 0 Å². The highest BCUT2D eigenvalue weighted by atomic mass is 32.2. The Kier molecular flexibility index (Phi) is 11.4. The summed E-state index contributed by atoms with van der Waals surface area (Å²) in [7, 11) is -2.65. The summed E-state index contributed by atoms with van der Waals surface area (Å²) < 4.78 is 34.7. The van der Waals surface area contributed by atoms with Gasteiger partial charge in [0.1, 0.15) is 18.3 Å². The molecule has 0 aliphatic carbocycles. The van der Waals surface area contributed by atoms with Crippen molar-refractivity contribution in [1.29, 1.82) is 0 Å². The average molecular weight is 628 g/mol. The van der Waals surface area contributed by atoms with Crippen molar-refractivity contribution in [2.75, 3.05) is 18.0 Å². The SMILES string of the molecule is CCC(C)NC(=O)C(Cc1ccccc1)N(Cc1ccccc1)C(=O)CN(c1ccc(OC)cc1)S(=O)(=O)c1ccc(C)cc1. The highest BCUT2D eigenvalue weighted by Gasteiger charge is 2.35. The summed E-state index contributed by atoms with van der Waals surface area (Å²) in [5, 5.41) is 3.05. The van der Waals surface area contributed by atoms with Gasteiger partial charge in [0.25, 0.3) is 10.0 Å². The summed E-state index contributed by atoms with van der Waals surface area (Å²) >= 11 is 0. The van der Waals surface area contributed by atoms with E-state index in [9.17, 15) is 18.0 Å². The molecule has 4 aromatic carbocycles. The number of ether oxygens (including phenoxy) is 1. The number of aryl methyl sites for hydroxylation is 1. The summed E-state index contributed by atoms with van der Waals surface area (Å²) in [5.41, 5.74) is 2.91. The lowest BCUT2D eigenvalue weighted by molar-refractivity contribution is -0.140. The van der Waals surface area contributed by atoms with Crippen LogP contribution in [0.3, 0.4) is 0 Å². The number of sulfonamides is 1. The molecule has 0 bridgehead atoms. The Bertz CT molecular complexity index is 1640. The molecule has 4 rings (SSSR count). The average Bonchev–Trinajstić information content (AvgIpc) is 3.06. The minimum Gasteiger partial charge on any atom is -0.497 e. The highest BCUT2D eigenvalue weighted by Crippen LogP contribution is 2.27. The number of hydrogen-bond acceptors (Lipinski definition) is 5. The zero-order valence-corrected chi connectivity index (χ0v) is 27.0. The number of rotatable bonds is 14. The minimum atomic E-state index is -4.18. The standard InChI is InChI=1S/C36H41N3O5S/c1-5-28(3)37-36(41)34(24-29-12-8-6-9-13-29)38(25-30-14-10-7-11-15-30)35(40)26-39(31-18-20-32(44-4)21-19-31)45(42,43)33-22-16-27(2)17-23-33/h6-23,28,34H,5,24-26H2,1-4H3,(H,37,41). The third kappa shape index (κ3) is 8.73. The number of nitrogens with one attached hydrogen (secondary N) is 1. The van der Waals surface area contributed by atoms with E-state index < -0.39 is 28.5 Å². The maximum Gasteiger partial charge on any atom is 0.264 e. The van der Waals surface area contributed by atoms with E-state index in [1.54, 1.807) is 36.4 Å². The van der Waals surface area contributed by atoms with E-state index in [0.717, 1.165) is 27.4 Å². The second kappa shape index (κ2) is 15.4. The fourth-order valence-electron chi connectivity index (χ4n) is 4.89. The summed E-state index contributed by atoms with van der Waals surface area (Å²) in [6.07, 6.45) is 0.978. The molecule has 0 radical (unpaired) electrons. The van der Waals surface area contributed by atoms with Crippen LogP contribution in [0.2, 0.25) is 0 Å². The van der Waals surface area contributed by atoms with Crippen LogP contribution < -0.4 is 14.4 Å². The van der Waals surface area contributed by atoms with Gasteiger partial charge in [0.05, 0.1) is 17.7 Å². The van der Waals surface area contributed by atoms with Crippen LogP contribution >= 0.6 is 0 Å². The Morgan fingerprint density at radius 2 is 1.40 bits per heavy atom. The first kappa shape index (κ1) is 33.3. The highest BCUT2D eigenvalue weighted by molar-refractivity contribution is 7.92. The van der Waals surface area contributed by atoms with Crippen molar-refractivity contribution >= 4 is 27.5 Å². The zero-order chi connectivity index (χ0) is 32.4. The van der Waals surface area contributed by atoms with E-state index in [2.05, 4.69) is 5.32 Å². The second-order valence-electron chi connectivity index (χ2n) is 11.1. The van der Waals surface area contributed by atoms with Gasteiger partial charge in [-0.1, -0.05) is 85.3 Å². The van der Waals surface area contributed by atoms with Gasteiger partial charge in [-0.05, 0) is 67.8 Å². The molecule has 9 heteroatoms. The molecule has 0 aliphatic heterocycles. The Hall–Kier alpha value is -4.63. The molecule has 0 heterocycles. The van der Waals surface area contributed by atoms with Crippen molar-refractivity contribution in [2.24, 2.45) is 0 Å². The number of nitrogens with zero attached hydrogens (tertiary/aromatic N) is 2. The van der Waals surface area contributed by atoms with Crippen molar-refractivity contribution in [3.05, 3.63) is 126 Å². The van der Waals surface area contributed by atoms with Gasteiger partial charge in [-0.15, -0.1) is 0 Å². The smallest absolute Gasteiger partial charge is 0.264 e. The number of hydrogen-bond donors (Lipinski definition) is 1. The second-order valence-corrected chi connectivity index (χ2v) is 12.9. The zero-order valence-electron chi connectivity index (χ0n) is 26.2. The van der Waals surface area contributed by atoms with E-state index in [1.807, 2.05) is 81.4 Å². The third-order valence-corrected chi connectivity index (χ3v) is 9.50. The predicted octanol–water partition coefficient (Wildman–Crippen LogP) is 5.75. The van der Waals surface area contributed by atoms with Gasteiger partial charge in [0.2, 0.25) is 11.8 Å². The quantitative estimate of drug-likeness (QED) is 0.192. The predicted molar refractivity (Wildman–Crippen MR) is 178 cm³/mol. The van der Waals surface area contributed by atoms with Crippen molar-refractivity contribution < 1.29 is 22.7 Å². The maximum absolute atomic E-state index is 14.5. The summed E-state index contributed by atoms with van der Waals surface area (Å²) in [6, 6.07) is 30.9. The molecule has 236 valence electrons. The number of carbonyl (C=O) groups excluding carboxylic acids is 2. The molecule has 2 unspecified atom stereocenters. The first-order valence-electron chi connectivity index (χ1n) is 15.0. The molecule has 8 nitrogen and oxygen atoms in total. The van der Waals surface area contributed by atoms with E-state index in [-0.39, 0.29) is 29.8 Å². The summed E-state index contributed by atoms with van der Waals surface area (Å²) in [4.78, 5) is 29.9. The number of benzene rings is 4. The van der Waals surface area contributed by atoms with Crippen molar-refractivity contribution in [2.45, 2.75) is 57.1 Å². The van der Waals surface area contributed by atoms with E-state index in [4.69, 9.17) is 4.74 Å². The van der Waals surface area contributed by atoms with E-state index in [0.29, 0.717) is 11.4 Å². The molecule has 0 fully saturated rings. The van der Waals surface area contributed by atoms with Gasteiger partial charge in [-0.2, -0.15) is 0 Å². The molecule has 0 saturated heterocycles. The Labute approximate surface area is 266 Å². The summed E-state index contributed by atoms with van der Waals surface area (Å²) in [6.45, 7) is 5.37. The van der Waals surface area contributed by atoms with E-state index >= 15 is 0 Å². The molecule has 0 saturated carbocycles. The lowest BCUT2D eigenvalue weighted by Gasteiger charge is -2.34.